The first-order valence-corrected chi connectivity index (χ1v) is 9.87. The third-order valence-corrected chi connectivity index (χ3v) is 5.72. The predicted molar refractivity (Wildman–Crippen MR) is 107 cm³/mol. The van der Waals surface area contributed by atoms with Crippen molar-refractivity contribution >= 4 is 11.6 Å². The normalized spacial score (nSPS) is 23.6. The predicted octanol–water partition coefficient (Wildman–Crippen LogP) is 2.88. The molecule has 6 heteroatoms. The van der Waals surface area contributed by atoms with E-state index < -0.39 is 0 Å². The van der Waals surface area contributed by atoms with Gasteiger partial charge in [0.05, 0.1) is 25.5 Å². The molecule has 2 aliphatic heterocycles. The van der Waals surface area contributed by atoms with E-state index in [4.69, 9.17) is 9.47 Å². The minimum absolute atomic E-state index is 0.0420. The molecule has 0 N–H and O–H groups in total. The Morgan fingerprint density at radius 1 is 1.18 bits per heavy atom. The number of para-hydroxylation sites is 1. The van der Waals surface area contributed by atoms with E-state index in [1.165, 1.54) is 0 Å². The molecule has 2 aliphatic rings. The van der Waals surface area contributed by atoms with Crippen LogP contribution in [0.5, 0.6) is 5.75 Å². The Kier molecular flexibility index (Phi) is 5.59. The van der Waals surface area contributed by atoms with E-state index in [0.717, 1.165) is 55.9 Å². The van der Waals surface area contributed by atoms with Crippen molar-refractivity contribution in [2.24, 2.45) is 0 Å². The summed E-state index contributed by atoms with van der Waals surface area (Å²) in [5.41, 5.74) is 1.85. The lowest BCUT2D eigenvalue weighted by Crippen LogP contribution is -2.55. The van der Waals surface area contributed by atoms with Gasteiger partial charge in [-0.3, -0.25) is 14.7 Å². The number of benzene rings is 1. The Hall–Kier alpha value is -2.44. The maximum Gasteiger partial charge on any atom is 0.253 e. The van der Waals surface area contributed by atoms with E-state index in [0.29, 0.717) is 6.54 Å². The molecule has 0 saturated carbocycles. The highest BCUT2D eigenvalue weighted by molar-refractivity contribution is 5.95. The zero-order valence-electron chi connectivity index (χ0n) is 16.3. The Balaban J connectivity index is 1.43. The summed E-state index contributed by atoms with van der Waals surface area (Å²) in [7, 11) is 1.66. The number of hydrogen-bond donors (Lipinski definition) is 0. The van der Waals surface area contributed by atoms with Crippen molar-refractivity contribution in [3.63, 3.8) is 0 Å². The fourth-order valence-electron chi connectivity index (χ4n) is 4.16. The van der Waals surface area contributed by atoms with Crippen LogP contribution < -0.4 is 9.64 Å². The van der Waals surface area contributed by atoms with Crippen LogP contribution in [0.1, 0.15) is 24.8 Å². The Labute approximate surface area is 166 Å². The summed E-state index contributed by atoms with van der Waals surface area (Å²) >= 11 is 0. The highest BCUT2D eigenvalue weighted by Gasteiger charge is 2.41. The molecule has 0 bridgehead atoms. The van der Waals surface area contributed by atoms with Crippen LogP contribution in [-0.2, 0) is 16.1 Å². The second-order valence-electron chi connectivity index (χ2n) is 7.65. The number of rotatable bonds is 4. The largest absolute Gasteiger partial charge is 0.495 e. The number of morpholine rings is 1. The van der Waals surface area contributed by atoms with Gasteiger partial charge in [-0.1, -0.05) is 18.2 Å². The number of amides is 1. The highest BCUT2D eigenvalue weighted by atomic mass is 16.5. The molecule has 0 aliphatic carbocycles. The maximum absolute atomic E-state index is 12.4. The second-order valence-corrected chi connectivity index (χ2v) is 7.65. The standard InChI is InChI=1S/C22H27N3O3/c1-27-20-12-18(13-23-14-20)15-24-10-5-8-22(9-11-24)17-25(21(26)16-28-22)19-6-3-2-4-7-19/h2-4,6-7,12-14H,5,8-11,15-17H2,1H3. The van der Waals surface area contributed by atoms with E-state index >= 15 is 0 Å². The third kappa shape index (κ3) is 4.18. The van der Waals surface area contributed by atoms with Crippen molar-refractivity contribution in [1.82, 2.24) is 9.88 Å². The van der Waals surface area contributed by atoms with E-state index in [2.05, 4.69) is 9.88 Å². The van der Waals surface area contributed by atoms with Gasteiger partial charge in [0.2, 0.25) is 0 Å². The van der Waals surface area contributed by atoms with Gasteiger partial charge in [-0.25, -0.2) is 0 Å². The number of nitrogens with zero attached hydrogens (tertiary/aromatic N) is 3. The van der Waals surface area contributed by atoms with Crippen LogP contribution in [0.2, 0.25) is 0 Å². The molecule has 1 atom stereocenters. The fourth-order valence-corrected chi connectivity index (χ4v) is 4.16. The van der Waals surface area contributed by atoms with Crippen molar-refractivity contribution < 1.29 is 14.3 Å². The van der Waals surface area contributed by atoms with Gasteiger partial charge >= 0.3 is 0 Å². The number of carbonyl (C=O) groups excluding carboxylic acids is 1. The average molecular weight is 381 g/mol. The van der Waals surface area contributed by atoms with Crippen LogP contribution in [0.25, 0.3) is 0 Å². The van der Waals surface area contributed by atoms with Crippen molar-refractivity contribution in [2.45, 2.75) is 31.4 Å². The summed E-state index contributed by atoms with van der Waals surface area (Å²) in [6.07, 6.45) is 6.56. The second kappa shape index (κ2) is 8.29. The van der Waals surface area contributed by atoms with Crippen LogP contribution in [0.4, 0.5) is 5.69 Å². The summed E-state index contributed by atoms with van der Waals surface area (Å²) in [5.74, 6) is 0.830. The molecule has 0 radical (unpaired) electrons. The quantitative estimate of drug-likeness (QED) is 0.815. The molecule has 1 spiro atoms. The number of anilines is 1. The average Bonchev–Trinajstić information content (AvgIpc) is 2.93. The summed E-state index contributed by atoms with van der Waals surface area (Å²) in [4.78, 5) is 21.0. The molecular weight excluding hydrogens is 354 g/mol. The third-order valence-electron chi connectivity index (χ3n) is 5.72. The zero-order valence-corrected chi connectivity index (χ0v) is 16.3. The number of carbonyl (C=O) groups is 1. The number of hydrogen-bond acceptors (Lipinski definition) is 5. The summed E-state index contributed by atoms with van der Waals surface area (Å²) in [6.45, 7) is 3.59. The van der Waals surface area contributed by atoms with Gasteiger partial charge in [0.1, 0.15) is 12.4 Å². The van der Waals surface area contributed by atoms with Crippen LogP contribution >= 0.6 is 0 Å². The van der Waals surface area contributed by atoms with Gasteiger partial charge in [-0.15, -0.1) is 0 Å². The van der Waals surface area contributed by atoms with E-state index in [1.54, 1.807) is 13.3 Å². The number of pyridine rings is 1. The van der Waals surface area contributed by atoms with Crippen molar-refractivity contribution in [1.29, 1.82) is 0 Å². The molecule has 1 aromatic heterocycles. The number of methoxy groups -OCH3 is 1. The van der Waals surface area contributed by atoms with Gasteiger partial charge in [0.15, 0.2) is 0 Å². The molecule has 2 fully saturated rings. The molecule has 3 heterocycles. The smallest absolute Gasteiger partial charge is 0.253 e. The summed E-state index contributed by atoms with van der Waals surface area (Å²) in [6, 6.07) is 12.0. The molecule has 1 aromatic carbocycles. The first-order chi connectivity index (χ1) is 13.7. The minimum Gasteiger partial charge on any atom is -0.495 e. The van der Waals surface area contributed by atoms with Crippen molar-refractivity contribution in [3.8, 4) is 5.75 Å². The molecular formula is C22H27N3O3. The molecule has 28 heavy (non-hydrogen) atoms. The van der Waals surface area contributed by atoms with Gasteiger partial charge in [0.25, 0.3) is 5.91 Å². The number of likely N-dealkylation sites (tertiary alicyclic amines) is 1. The monoisotopic (exact) mass is 381 g/mol. The minimum atomic E-state index is -0.259. The first kappa shape index (κ1) is 18.9. The van der Waals surface area contributed by atoms with Gasteiger partial charge in [0, 0.05) is 25.0 Å². The number of aromatic nitrogens is 1. The SMILES string of the molecule is COc1cncc(CN2CCCC3(CC2)CN(c2ccccc2)C(=O)CO3)c1. The highest BCUT2D eigenvalue weighted by Crippen LogP contribution is 2.33. The molecule has 2 aromatic rings. The van der Waals surface area contributed by atoms with Gasteiger partial charge < -0.3 is 14.4 Å². The maximum atomic E-state index is 12.4. The van der Waals surface area contributed by atoms with Crippen LogP contribution in [0.3, 0.4) is 0 Å². The fraction of sp³-hybridized carbons (Fsp3) is 0.455. The number of ether oxygens (including phenoxy) is 2. The van der Waals surface area contributed by atoms with Gasteiger partial charge in [-0.2, -0.15) is 0 Å². The van der Waals surface area contributed by atoms with Crippen LogP contribution in [0, 0.1) is 0 Å². The van der Waals surface area contributed by atoms with E-state index in [1.807, 2.05) is 47.5 Å². The summed E-state index contributed by atoms with van der Waals surface area (Å²) < 4.78 is 11.4. The lowest BCUT2D eigenvalue weighted by Gasteiger charge is -2.42. The van der Waals surface area contributed by atoms with E-state index in [-0.39, 0.29) is 18.1 Å². The molecule has 2 saturated heterocycles. The van der Waals surface area contributed by atoms with Gasteiger partial charge in [-0.05, 0) is 49.6 Å². The summed E-state index contributed by atoms with van der Waals surface area (Å²) in [5, 5.41) is 0. The topological polar surface area (TPSA) is 54.9 Å². The molecule has 4 rings (SSSR count). The lowest BCUT2D eigenvalue weighted by molar-refractivity contribution is -0.140. The van der Waals surface area contributed by atoms with E-state index in [9.17, 15) is 4.79 Å². The Morgan fingerprint density at radius 2 is 2.04 bits per heavy atom. The molecule has 1 amide bonds. The Morgan fingerprint density at radius 3 is 2.86 bits per heavy atom. The van der Waals surface area contributed by atoms with Crippen LogP contribution in [0.15, 0.2) is 48.8 Å². The molecule has 1 unspecified atom stereocenters. The lowest BCUT2D eigenvalue weighted by atomic mass is 9.92. The Bertz CT molecular complexity index is 814. The molecule has 6 nitrogen and oxygen atoms in total. The molecule has 148 valence electrons. The zero-order chi connectivity index (χ0) is 19.4. The van der Waals surface area contributed by atoms with Crippen molar-refractivity contribution in [2.75, 3.05) is 38.3 Å². The van der Waals surface area contributed by atoms with Crippen molar-refractivity contribution in [3.05, 3.63) is 54.4 Å². The van der Waals surface area contributed by atoms with Crippen LogP contribution in [-0.4, -0.2) is 54.7 Å². The first-order valence-electron chi connectivity index (χ1n) is 9.87.